The molecule has 1 spiro atoms. The second kappa shape index (κ2) is 5.01. The van der Waals surface area contributed by atoms with Crippen molar-refractivity contribution in [3.8, 4) is 0 Å². The molecule has 1 unspecified atom stereocenters. The molecule has 0 radical (unpaired) electrons. The second-order valence-electron chi connectivity index (χ2n) is 5.47. The number of carboxylic acids is 1. The number of amides is 2. The maximum absolute atomic E-state index is 12.9. The minimum Gasteiger partial charge on any atom is -0.480 e. The first-order valence-corrected chi connectivity index (χ1v) is 6.88. The molecule has 8 heteroatoms. The van der Waals surface area contributed by atoms with Crippen molar-refractivity contribution in [2.24, 2.45) is 5.41 Å². The Balaban J connectivity index is 2.20. The van der Waals surface area contributed by atoms with Crippen molar-refractivity contribution in [3.05, 3.63) is 57.3 Å². The fraction of sp³-hybridized carbons (Fsp3) is 0.267. The number of hydrogen-bond acceptors (Lipinski definition) is 5. The average molecular weight is 316 g/mol. The summed E-state index contributed by atoms with van der Waals surface area (Å²) in [6.45, 7) is -0.749. The molecule has 3 aliphatic rings. The lowest BCUT2D eigenvalue weighted by Crippen LogP contribution is -2.56. The van der Waals surface area contributed by atoms with Crippen LogP contribution in [-0.4, -0.2) is 39.3 Å². The maximum atomic E-state index is 12.9. The second-order valence-corrected chi connectivity index (χ2v) is 5.47. The Labute approximate surface area is 130 Å². The van der Waals surface area contributed by atoms with E-state index in [-0.39, 0.29) is 24.1 Å². The van der Waals surface area contributed by atoms with Gasteiger partial charge < -0.3 is 5.11 Å². The number of nitro groups is 1. The first-order chi connectivity index (χ1) is 10.9. The average Bonchev–Trinajstić information content (AvgIpc) is 2.50. The summed E-state index contributed by atoms with van der Waals surface area (Å²) in [5.41, 5.74) is -0.949. The number of allylic oxidation sites excluding steroid dienone is 5. The molecule has 118 valence electrons. The minimum absolute atomic E-state index is 0.136. The summed E-state index contributed by atoms with van der Waals surface area (Å²) in [7, 11) is 0. The first kappa shape index (κ1) is 14.9. The standard InChI is InChI=1S/C15H12N2O6/c18-12-7-10-11(17(22)23)5-4-9-3-1-2-6-15(9,10)14(21)16(12)8-13(19)20/h1-5H,6-8H2,(H,19,20). The van der Waals surface area contributed by atoms with Crippen molar-refractivity contribution in [3.63, 3.8) is 0 Å². The van der Waals surface area contributed by atoms with Crippen LogP contribution in [0.25, 0.3) is 0 Å². The van der Waals surface area contributed by atoms with Gasteiger partial charge in [0.25, 0.3) is 5.70 Å². The molecule has 0 aromatic rings. The molecule has 0 bridgehead atoms. The van der Waals surface area contributed by atoms with Crippen LogP contribution in [0.3, 0.4) is 0 Å². The predicted octanol–water partition coefficient (Wildman–Crippen LogP) is 0.803. The van der Waals surface area contributed by atoms with Gasteiger partial charge in [0.15, 0.2) is 0 Å². The fourth-order valence-electron chi connectivity index (χ4n) is 3.30. The fourth-order valence-corrected chi connectivity index (χ4v) is 3.30. The summed E-state index contributed by atoms with van der Waals surface area (Å²) in [6, 6.07) is 0. The number of aliphatic carboxylic acids is 1. The van der Waals surface area contributed by atoms with Crippen LogP contribution in [0.4, 0.5) is 0 Å². The van der Waals surface area contributed by atoms with Crippen LogP contribution in [0, 0.1) is 15.5 Å². The van der Waals surface area contributed by atoms with Crippen LogP contribution in [-0.2, 0) is 14.4 Å². The number of imide groups is 1. The van der Waals surface area contributed by atoms with E-state index in [1.54, 1.807) is 18.2 Å². The lowest BCUT2D eigenvalue weighted by atomic mass is 9.63. The topological polar surface area (TPSA) is 118 Å². The third-order valence-corrected chi connectivity index (χ3v) is 4.30. The SMILES string of the molecule is O=C(O)CN1C(=O)CC2=C([N+](=O)[O-])C=CC3=CC=CCC32C1=O. The van der Waals surface area contributed by atoms with Crippen LogP contribution < -0.4 is 0 Å². The highest BCUT2D eigenvalue weighted by molar-refractivity contribution is 6.08. The number of carboxylic acid groups (broad SMARTS) is 1. The molecule has 0 saturated carbocycles. The molecule has 1 heterocycles. The molecule has 0 aromatic heterocycles. The van der Waals surface area contributed by atoms with E-state index in [1.165, 1.54) is 12.2 Å². The highest BCUT2D eigenvalue weighted by Crippen LogP contribution is 2.51. The highest BCUT2D eigenvalue weighted by Gasteiger charge is 2.56. The molecular formula is C15H12N2O6. The molecule has 2 amide bonds. The number of likely N-dealkylation sites (tertiary alicyclic amines) is 1. The first-order valence-electron chi connectivity index (χ1n) is 6.88. The monoisotopic (exact) mass is 316 g/mol. The van der Waals surface area contributed by atoms with E-state index in [4.69, 9.17) is 5.11 Å². The summed E-state index contributed by atoms with van der Waals surface area (Å²) in [5, 5.41) is 20.2. The molecule has 3 rings (SSSR count). The maximum Gasteiger partial charge on any atom is 0.323 e. The normalized spacial score (nSPS) is 25.9. The largest absolute Gasteiger partial charge is 0.480 e. The number of carbonyl (C=O) groups excluding carboxylic acids is 2. The Morgan fingerprint density at radius 3 is 2.78 bits per heavy atom. The van der Waals surface area contributed by atoms with Gasteiger partial charge in [-0.25, -0.2) is 0 Å². The van der Waals surface area contributed by atoms with Crippen LogP contribution in [0.2, 0.25) is 0 Å². The number of carbonyl (C=O) groups is 3. The lowest BCUT2D eigenvalue weighted by Gasteiger charge is -2.44. The van der Waals surface area contributed by atoms with Gasteiger partial charge in [0, 0.05) is 11.6 Å². The van der Waals surface area contributed by atoms with Crippen molar-refractivity contribution in [1.29, 1.82) is 0 Å². The lowest BCUT2D eigenvalue weighted by molar-refractivity contribution is -0.421. The Hall–Kier alpha value is -3.03. The van der Waals surface area contributed by atoms with Gasteiger partial charge in [-0.3, -0.25) is 29.4 Å². The van der Waals surface area contributed by atoms with Crippen molar-refractivity contribution < 1.29 is 24.4 Å². The molecule has 1 saturated heterocycles. The molecule has 2 aliphatic carbocycles. The summed E-state index contributed by atoms with van der Waals surface area (Å²) in [5.74, 6) is -2.76. The van der Waals surface area contributed by atoms with Gasteiger partial charge >= 0.3 is 5.97 Å². The zero-order chi connectivity index (χ0) is 16.8. The highest BCUT2D eigenvalue weighted by atomic mass is 16.6. The summed E-state index contributed by atoms with van der Waals surface area (Å²) >= 11 is 0. The van der Waals surface area contributed by atoms with Gasteiger partial charge in [-0.15, -0.1) is 0 Å². The molecule has 1 fully saturated rings. The van der Waals surface area contributed by atoms with Crippen LogP contribution in [0.1, 0.15) is 12.8 Å². The summed E-state index contributed by atoms with van der Waals surface area (Å²) < 4.78 is 0. The molecule has 23 heavy (non-hydrogen) atoms. The molecule has 1 N–H and O–H groups in total. The number of rotatable bonds is 3. The van der Waals surface area contributed by atoms with Gasteiger partial charge in [-0.2, -0.15) is 0 Å². The summed E-state index contributed by atoms with van der Waals surface area (Å²) in [4.78, 5) is 47.3. The molecule has 1 atom stereocenters. The van der Waals surface area contributed by atoms with Crippen LogP contribution >= 0.6 is 0 Å². The van der Waals surface area contributed by atoms with Crippen LogP contribution in [0.5, 0.6) is 0 Å². The van der Waals surface area contributed by atoms with Crippen molar-refractivity contribution in [2.45, 2.75) is 12.8 Å². The van der Waals surface area contributed by atoms with E-state index >= 15 is 0 Å². The van der Waals surface area contributed by atoms with Gasteiger partial charge in [-0.05, 0) is 12.0 Å². The zero-order valence-electron chi connectivity index (χ0n) is 11.9. The number of hydrogen-bond donors (Lipinski definition) is 1. The van der Waals surface area contributed by atoms with E-state index in [9.17, 15) is 24.5 Å². The van der Waals surface area contributed by atoms with Gasteiger partial charge in [0.1, 0.15) is 12.0 Å². The van der Waals surface area contributed by atoms with E-state index in [2.05, 4.69) is 0 Å². The van der Waals surface area contributed by atoms with E-state index < -0.39 is 34.7 Å². The van der Waals surface area contributed by atoms with Gasteiger partial charge in [0.05, 0.1) is 11.3 Å². The molecule has 1 aliphatic heterocycles. The third-order valence-electron chi connectivity index (χ3n) is 4.30. The van der Waals surface area contributed by atoms with Gasteiger partial charge in [-0.1, -0.05) is 24.3 Å². The zero-order valence-corrected chi connectivity index (χ0v) is 11.9. The molecule has 8 nitrogen and oxygen atoms in total. The smallest absolute Gasteiger partial charge is 0.323 e. The Morgan fingerprint density at radius 1 is 1.39 bits per heavy atom. The minimum atomic E-state index is -1.35. The predicted molar refractivity (Wildman–Crippen MR) is 76.4 cm³/mol. The van der Waals surface area contributed by atoms with Crippen molar-refractivity contribution in [2.75, 3.05) is 6.54 Å². The number of nitrogens with zero attached hydrogens (tertiary/aromatic N) is 2. The Morgan fingerprint density at radius 2 is 2.13 bits per heavy atom. The third kappa shape index (κ3) is 2.02. The van der Waals surface area contributed by atoms with Crippen LogP contribution in [0.15, 0.2) is 47.2 Å². The van der Waals surface area contributed by atoms with E-state index in [1.807, 2.05) is 0 Å². The molecule has 0 aromatic carbocycles. The Bertz CT molecular complexity index is 773. The molecular weight excluding hydrogens is 304 g/mol. The number of piperidine rings is 1. The van der Waals surface area contributed by atoms with Gasteiger partial charge in [0.2, 0.25) is 11.8 Å². The van der Waals surface area contributed by atoms with E-state index in [0.717, 1.165) is 0 Å². The van der Waals surface area contributed by atoms with Crippen molar-refractivity contribution in [1.82, 2.24) is 4.90 Å². The van der Waals surface area contributed by atoms with Crippen molar-refractivity contribution >= 4 is 17.8 Å². The Kier molecular flexibility index (Phi) is 3.24. The summed E-state index contributed by atoms with van der Waals surface area (Å²) in [6.07, 6.45) is 7.66. The van der Waals surface area contributed by atoms with E-state index in [0.29, 0.717) is 10.5 Å². The quantitative estimate of drug-likeness (QED) is 0.467.